The van der Waals surface area contributed by atoms with Gasteiger partial charge in [-0.2, -0.15) is 5.10 Å². The largest absolute Gasteiger partial charge is 0.493 e. The Labute approximate surface area is 178 Å². The van der Waals surface area contributed by atoms with Gasteiger partial charge in [-0.25, -0.2) is 5.43 Å². The summed E-state index contributed by atoms with van der Waals surface area (Å²) in [6.45, 7) is 0.435. The molecule has 5 nitrogen and oxygen atoms in total. The van der Waals surface area contributed by atoms with Gasteiger partial charge in [0.2, 0.25) is 0 Å². The zero-order valence-electron chi connectivity index (χ0n) is 15.6. The van der Waals surface area contributed by atoms with Gasteiger partial charge in [0.25, 0.3) is 5.91 Å². The fraction of sp³-hybridized carbons (Fsp3) is 0.0909. The standard InChI is InChI=1S/C22H18Cl2N2O3/c1-28-21-11-16(7-10-20(21)29-14-15-5-3-2-4-6-15)13-25-26-22(27)17-8-9-18(23)19(24)12-17/h2-13H,14H2,1H3,(H,26,27)/b25-13+. The summed E-state index contributed by atoms with van der Waals surface area (Å²) in [5.74, 6) is 0.795. The monoisotopic (exact) mass is 428 g/mol. The predicted molar refractivity (Wildman–Crippen MR) is 115 cm³/mol. The second-order valence-corrected chi connectivity index (χ2v) is 6.83. The van der Waals surface area contributed by atoms with Gasteiger partial charge in [-0.15, -0.1) is 0 Å². The van der Waals surface area contributed by atoms with Gasteiger partial charge in [0, 0.05) is 5.56 Å². The smallest absolute Gasteiger partial charge is 0.271 e. The van der Waals surface area contributed by atoms with Crippen LogP contribution in [0, 0.1) is 0 Å². The first kappa shape index (κ1) is 20.7. The highest BCUT2D eigenvalue weighted by Crippen LogP contribution is 2.28. The Hall–Kier alpha value is -3.02. The lowest BCUT2D eigenvalue weighted by Crippen LogP contribution is -2.17. The Morgan fingerprint density at radius 3 is 2.52 bits per heavy atom. The summed E-state index contributed by atoms with van der Waals surface area (Å²) < 4.78 is 11.2. The zero-order chi connectivity index (χ0) is 20.6. The number of halogens is 2. The Morgan fingerprint density at radius 1 is 1.00 bits per heavy atom. The van der Waals surface area contributed by atoms with E-state index in [4.69, 9.17) is 32.7 Å². The molecule has 0 atom stereocenters. The molecule has 3 aromatic rings. The molecule has 0 aliphatic rings. The average Bonchev–Trinajstić information content (AvgIpc) is 2.75. The first-order chi connectivity index (χ1) is 14.1. The minimum Gasteiger partial charge on any atom is -0.493 e. The third-order valence-electron chi connectivity index (χ3n) is 3.99. The van der Waals surface area contributed by atoms with Gasteiger partial charge >= 0.3 is 0 Å². The zero-order valence-corrected chi connectivity index (χ0v) is 17.1. The van der Waals surface area contributed by atoms with Crippen molar-refractivity contribution in [3.63, 3.8) is 0 Å². The third kappa shape index (κ3) is 5.73. The minimum atomic E-state index is -0.394. The van der Waals surface area contributed by atoms with Crippen LogP contribution in [0.3, 0.4) is 0 Å². The van der Waals surface area contributed by atoms with E-state index < -0.39 is 5.91 Å². The van der Waals surface area contributed by atoms with Crippen molar-refractivity contribution >= 4 is 35.3 Å². The maximum Gasteiger partial charge on any atom is 0.271 e. The molecule has 3 aromatic carbocycles. The number of hydrogen-bond donors (Lipinski definition) is 1. The first-order valence-electron chi connectivity index (χ1n) is 8.70. The van der Waals surface area contributed by atoms with E-state index in [1.807, 2.05) is 36.4 Å². The van der Waals surface area contributed by atoms with Gasteiger partial charge in [-0.3, -0.25) is 4.79 Å². The molecule has 7 heteroatoms. The van der Waals surface area contributed by atoms with Crippen molar-refractivity contribution in [2.75, 3.05) is 7.11 Å². The molecule has 0 heterocycles. The predicted octanol–water partition coefficient (Wildman–Crippen LogP) is 5.34. The second-order valence-electron chi connectivity index (χ2n) is 6.01. The van der Waals surface area contributed by atoms with Gasteiger partial charge in [0.15, 0.2) is 11.5 Å². The Kier molecular flexibility index (Phi) is 7.11. The van der Waals surface area contributed by atoms with Crippen LogP contribution in [0.1, 0.15) is 21.5 Å². The number of carbonyl (C=O) groups excluding carboxylic acids is 1. The summed E-state index contributed by atoms with van der Waals surface area (Å²) in [5, 5.41) is 4.66. The lowest BCUT2D eigenvalue weighted by molar-refractivity contribution is 0.0955. The molecule has 3 rings (SSSR count). The molecule has 1 N–H and O–H groups in total. The van der Waals surface area contributed by atoms with Crippen LogP contribution in [-0.2, 0) is 6.61 Å². The highest BCUT2D eigenvalue weighted by Gasteiger charge is 2.08. The fourth-order valence-corrected chi connectivity index (χ4v) is 2.78. The maximum atomic E-state index is 12.1. The van der Waals surface area contributed by atoms with Crippen molar-refractivity contribution in [2.45, 2.75) is 6.61 Å². The lowest BCUT2D eigenvalue weighted by Gasteiger charge is -2.11. The fourth-order valence-electron chi connectivity index (χ4n) is 2.49. The van der Waals surface area contributed by atoms with E-state index in [9.17, 15) is 4.79 Å². The Morgan fingerprint density at radius 2 is 1.79 bits per heavy atom. The van der Waals surface area contributed by atoms with E-state index >= 15 is 0 Å². The average molecular weight is 429 g/mol. The number of carbonyl (C=O) groups is 1. The molecular weight excluding hydrogens is 411 g/mol. The SMILES string of the molecule is COc1cc(/C=N/NC(=O)c2ccc(Cl)c(Cl)c2)ccc1OCc1ccccc1. The van der Waals surface area contributed by atoms with E-state index in [0.717, 1.165) is 11.1 Å². The van der Waals surface area contributed by atoms with Crippen molar-refractivity contribution in [3.8, 4) is 11.5 Å². The summed E-state index contributed by atoms with van der Waals surface area (Å²) in [4.78, 5) is 12.1. The molecule has 0 unspecified atom stereocenters. The molecule has 0 bridgehead atoms. The van der Waals surface area contributed by atoms with Gasteiger partial charge in [0.05, 0.1) is 23.4 Å². The summed E-state index contributed by atoms with van der Waals surface area (Å²) in [7, 11) is 1.57. The van der Waals surface area contributed by atoms with Crippen LogP contribution in [0.15, 0.2) is 71.8 Å². The van der Waals surface area contributed by atoms with Crippen LogP contribution >= 0.6 is 23.2 Å². The number of methoxy groups -OCH3 is 1. The molecule has 0 fully saturated rings. The molecule has 0 aromatic heterocycles. The van der Waals surface area contributed by atoms with E-state index in [0.29, 0.717) is 33.7 Å². The van der Waals surface area contributed by atoms with Crippen LogP contribution in [0.25, 0.3) is 0 Å². The molecule has 0 saturated heterocycles. The third-order valence-corrected chi connectivity index (χ3v) is 4.73. The number of benzene rings is 3. The number of ether oxygens (including phenoxy) is 2. The number of hydrogen-bond acceptors (Lipinski definition) is 4. The van der Waals surface area contributed by atoms with Gasteiger partial charge in [0.1, 0.15) is 6.61 Å². The number of nitrogens with zero attached hydrogens (tertiary/aromatic N) is 1. The Bertz CT molecular complexity index is 1020. The first-order valence-corrected chi connectivity index (χ1v) is 9.45. The van der Waals surface area contributed by atoms with E-state index in [1.165, 1.54) is 12.3 Å². The van der Waals surface area contributed by atoms with Crippen LogP contribution in [0.4, 0.5) is 0 Å². The maximum absolute atomic E-state index is 12.1. The van der Waals surface area contributed by atoms with Crippen LogP contribution in [-0.4, -0.2) is 19.2 Å². The molecule has 148 valence electrons. The minimum absolute atomic E-state index is 0.305. The highest BCUT2D eigenvalue weighted by molar-refractivity contribution is 6.42. The molecule has 1 amide bonds. The van der Waals surface area contributed by atoms with E-state index in [2.05, 4.69) is 10.5 Å². The molecular formula is C22H18Cl2N2O3. The molecule has 0 aliphatic carbocycles. The number of hydrazone groups is 1. The van der Waals surface area contributed by atoms with Crippen molar-refractivity contribution < 1.29 is 14.3 Å². The van der Waals surface area contributed by atoms with Gasteiger partial charge in [-0.05, 0) is 47.5 Å². The molecule has 0 radical (unpaired) electrons. The quantitative estimate of drug-likeness (QED) is 0.407. The van der Waals surface area contributed by atoms with Crippen molar-refractivity contribution in [3.05, 3.63) is 93.5 Å². The molecule has 0 saturated carbocycles. The van der Waals surface area contributed by atoms with Crippen LogP contribution < -0.4 is 14.9 Å². The highest BCUT2D eigenvalue weighted by atomic mass is 35.5. The van der Waals surface area contributed by atoms with E-state index in [1.54, 1.807) is 31.4 Å². The molecule has 0 aliphatic heterocycles. The van der Waals surface area contributed by atoms with Crippen molar-refractivity contribution in [2.24, 2.45) is 5.10 Å². The van der Waals surface area contributed by atoms with Crippen LogP contribution in [0.2, 0.25) is 10.0 Å². The summed E-state index contributed by atoms with van der Waals surface area (Å²) >= 11 is 11.8. The van der Waals surface area contributed by atoms with Crippen molar-refractivity contribution in [1.29, 1.82) is 0 Å². The molecule has 29 heavy (non-hydrogen) atoms. The number of rotatable bonds is 7. The van der Waals surface area contributed by atoms with Gasteiger partial charge in [-0.1, -0.05) is 53.5 Å². The molecule has 0 spiro atoms. The normalized spacial score (nSPS) is 10.7. The lowest BCUT2D eigenvalue weighted by atomic mass is 10.2. The summed E-state index contributed by atoms with van der Waals surface area (Å²) in [6.07, 6.45) is 1.51. The van der Waals surface area contributed by atoms with Crippen molar-refractivity contribution in [1.82, 2.24) is 5.43 Å². The second kappa shape index (κ2) is 9.96. The number of nitrogens with one attached hydrogen (secondary N) is 1. The Balaban J connectivity index is 1.63. The summed E-state index contributed by atoms with van der Waals surface area (Å²) in [5.41, 5.74) is 4.61. The topological polar surface area (TPSA) is 59.9 Å². The number of amides is 1. The van der Waals surface area contributed by atoms with Gasteiger partial charge < -0.3 is 9.47 Å². The van der Waals surface area contributed by atoms with E-state index in [-0.39, 0.29) is 0 Å². The summed E-state index contributed by atoms with van der Waals surface area (Å²) in [6, 6.07) is 19.9. The van der Waals surface area contributed by atoms with Crippen LogP contribution in [0.5, 0.6) is 11.5 Å².